The first-order valence-electron chi connectivity index (χ1n) is 11.3. The minimum atomic E-state index is 0.0630. The van der Waals surface area contributed by atoms with Gasteiger partial charge in [-0.25, -0.2) is 0 Å². The molecule has 1 N–H and O–H groups in total. The van der Waals surface area contributed by atoms with E-state index in [4.69, 9.17) is 9.94 Å². The lowest BCUT2D eigenvalue weighted by molar-refractivity contribution is 0.208. The number of allylic oxidation sites excluding steroid dienone is 1. The van der Waals surface area contributed by atoms with Crippen LogP contribution in [0.1, 0.15) is 73.9 Å². The Morgan fingerprint density at radius 3 is 2.55 bits per heavy atom. The monoisotopic (exact) mass is 389 g/mol. The second-order valence-electron chi connectivity index (χ2n) is 9.00. The Bertz CT molecular complexity index is 903. The van der Waals surface area contributed by atoms with E-state index >= 15 is 0 Å². The number of aromatic amines is 1. The SMILES string of the molecule is CO/N=C(/c1n[nH]c2c1C=CC(c1ccccc1)(C1CCCCC1)C2)C1CCC1. The Balaban J connectivity index is 1.54. The van der Waals surface area contributed by atoms with Crippen molar-refractivity contribution in [3.63, 3.8) is 0 Å². The fourth-order valence-electron chi connectivity index (χ4n) is 5.65. The predicted molar refractivity (Wildman–Crippen MR) is 117 cm³/mol. The Morgan fingerprint density at radius 1 is 1.07 bits per heavy atom. The van der Waals surface area contributed by atoms with Crippen molar-refractivity contribution < 1.29 is 4.84 Å². The van der Waals surface area contributed by atoms with Crippen molar-refractivity contribution in [3.05, 3.63) is 58.9 Å². The molecule has 3 aliphatic rings. The molecular formula is C25H31N3O. The fourth-order valence-corrected chi connectivity index (χ4v) is 5.65. The molecule has 0 amide bonds. The van der Waals surface area contributed by atoms with Crippen molar-refractivity contribution >= 4 is 11.8 Å². The lowest BCUT2D eigenvalue weighted by Crippen LogP contribution is -2.38. The van der Waals surface area contributed by atoms with E-state index < -0.39 is 0 Å². The molecule has 152 valence electrons. The van der Waals surface area contributed by atoms with Crippen LogP contribution in [0.25, 0.3) is 6.08 Å². The van der Waals surface area contributed by atoms with Gasteiger partial charge in [-0.05, 0) is 37.2 Å². The molecule has 3 aliphatic carbocycles. The molecule has 2 saturated carbocycles. The number of benzene rings is 1. The van der Waals surface area contributed by atoms with Crippen LogP contribution in [-0.4, -0.2) is 23.0 Å². The van der Waals surface area contributed by atoms with Crippen LogP contribution >= 0.6 is 0 Å². The summed E-state index contributed by atoms with van der Waals surface area (Å²) < 4.78 is 0. The third kappa shape index (κ3) is 3.23. The van der Waals surface area contributed by atoms with Crippen LogP contribution in [0.3, 0.4) is 0 Å². The highest BCUT2D eigenvalue weighted by Crippen LogP contribution is 2.47. The molecule has 2 aromatic rings. The highest BCUT2D eigenvalue weighted by atomic mass is 16.6. The van der Waals surface area contributed by atoms with Crippen molar-refractivity contribution in [3.8, 4) is 0 Å². The first-order valence-corrected chi connectivity index (χ1v) is 11.3. The zero-order valence-corrected chi connectivity index (χ0v) is 17.4. The molecule has 4 heteroatoms. The molecule has 5 rings (SSSR count). The lowest BCUT2D eigenvalue weighted by atomic mass is 9.61. The van der Waals surface area contributed by atoms with Crippen molar-refractivity contribution in [1.29, 1.82) is 0 Å². The summed E-state index contributed by atoms with van der Waals surface area (Å²) in [6, 6.07) is 11.1. The van der Waals surface area contributed by atoms with Crippen molar-refractivity contribution in [2.45, 2.75) is 63.2 Å². The molecule has 0 saturated heterocycles. The van der Waals surface area contributed by atoms with Crippen LogP contribution in [0.15, 0.2) is 41.6 Å². The van der Waals surface area contributed by atoms with Crippen LogP contribution in [-0.2, 0) is 16.7 Å². The van der Waals surface area contributed by atoms with Gasteiger partial charge in [0, 0.05) is 29.0 Å². The fraction of sp³-hybridized carbons (Fsp3) is 0.520. The maximum Gasteiger partial charge on any atom is 0.117 e. The van der Waals surface area contributed by atoms with Gasteiger partial charge in [0.2, 0.25) is 0 Å². The lowest BCUT2D eigenvalue weighted by Gasteiger charge is -2.43. The number of hydrogen-bond acceptors (Lipinski definition) is 3. The molecule has 2 fully saturated rings. The van der Waals surface area contributed by atoms with Gasteiger partial charge >= 0.3 is 0 Å². The largest absolute Gasteiger partial charge is 0.399 e. The number of aromatic nitrogens is 2. The van der Waals surface area contributed by atoms with E-state index in [9.17, 15) is 0 Å². The van der Waals surface area contributed by atoms with Gasteiger partial charge in [-0.2, -0.15) is 5.10 Å². The van der Waals surface area contributed by atoms with Crippen LogP contribution < -0.4 is 0 Å². The Morgan fingerprint density at radius 2 is 1.86 bits per heavy atom. The standard InChI is InChI=1S/C25H31N3O/c1-29-28-23(18-9-8-10-18)24-21-15-16-25(17-22(21)26-27-24,19-11-4-2-5-12-19)20-13-6-3-7-14-20/h2,4-5,11-12,15-16,18,20H,3,6-10,13-14,17H2,1H3,(H,26,27)/b28-23+. The smallest absolute Gasteiger partial charge is 0.117 e. The summed E-state index contributed by atoms with van der Waals surface area (Å²) in [5.74, 6) is 1.17. The highest BCUT2D eigenvalue weighted by Gasteiger charge is 2.42. The third-order valence-corrected chi connectivity index (χ3v) is 7.47. The first kappa shape index (κ1) is 18.7. The zero-order valence-electron chi connectivity index (χ0n) is 17.4. The van der Waals surface area contributed by atoms with Crippen molar-refractivity contribution in [1.82, 2.24) is 10.2 Å². The van der Waals surface area contributed by atoms with Gasteiger partial charge in [-0.1, -0.05) is 73.3 Å². The number of oxime groups is 1. The summed E-state index contributed by atoms with van der Waals surface area (Å²) in [5.41, 5.74) is 5.98. The van der Waals surface area contributed by atoms with Crippen LogP contribution in [0.2, 0.25) is 0 Å². The molecular weight excluding hydrogens is 358 g/mol. The second-order valence-corrected chi connectivity index (χ2v) is 9.00. The van der Waals surface area contributed by atoms with Gasteiger partial charge in [-0.3, -0.25) is 5.10 Å². The van der Waals surface area contributed by atoms with Crippen LogP contribution in [0.4, 0.5) is 0 Å². The topological polar surface area (TPSA) is 50.3 Å². The van der Waals surface area contributed by atoms with Crippen LogP contribution in [0.5, 0.6) is 0 Å². The van der Waals surface area contributed by atoms with Gasteiger partial charge in [0.05, 0.1) is 0 Å². The molecule has 0 spiro atoms. The molecule has 29 heavy (non-hydrogen) atoms. The second kappa shape index (κ2) is 7.81. The highest BCUT2D eigenvalue weighted by molar-refractivity contribution is 6.04. The average Bonchev–Trinajstić information content (AvgIpc) is 3.16. The summed E-state index contributed by atoms with van der Waals surface area (Å²) in [5, 5.41) is 12.5. The van der Waals surface area contributed by atoms with Gasteiger partial charge < -0.3 is 4.84 Å². The Labute approximate surface area is 173 Å². The molecule has 0 aliphatic heterocycles. The molecule has 1 aromatic carbocycles. The average molecular weight is 390 g/mol. The van der Waals surface area contributed by atoms with Crippen molar-refractivity contribution in [2.24, 2.45) is 17.0 Å². The number of H-pyrrole nitrogens is 1. The van der Waals surface area contributed by atoms with E-state index in [1.165, 1.54) is 68.2 Å². The quantitative estimate of drug-likeness (QED) is 0.531. The third-order valence-electron chi connectivity index (χ3n) is 7.47. The number of nitrogens with one attached hydrogen (secondary N) is 1. The van der Waals surface area contributed by atoms with Crippen molar-refractivity contribution in [2.75, 3.05) is 7.11 Å². The first-order chi connectivity index (χ1) is 14.3. The van der Waals surface area contributed by atoms with E-state index in [1.807, 2.05) is 0 Å². The maximum atomic E-state index is 5.19. The molecule has 0 bridgehead atoms. The Kier molecular flexibility index (Phi) is 5.03. The van der Waals surface area contributed by atoms with Gasteiger partial charge in [-0.15, -0.1) is 0 Å². The Hall–Kier alpha value is -2.36. The number of nitrogens with zero attached hydrogens (tertiary/aromatic N) is 2. The molecule has 1 atom stereocenters. The molecule has 0 radical (unpaired) electrons. The van der Waals surface area contributed by atoms with Gasteiger partial charge in [0.25, 0.3) is 0 Å². The molecule has 1 aromatic heterocycles. The summed E-state index contributed by atoms with van der Waals surface area (Å²) in [4.78, 5) is 5.19. The summed E-state index contributed by atoms with van der Waals surface area (Å²) in [6.07, 6.45) is 16.1. The maximum absolute atomic E-state index is 5.19. The van der Waals surface area contributed by atoms with E-state index in [1.54, 1.807) is 7.11 Å². The predicted octanol–water partition coefficient (Wildman–Crippen LogP) is 5.65. The minimum Gasteiger partial charge on any atom is -0.399 e. The van der Waals surface area contributed by atoms with E-state index in [2.05, 4.69) is 52.7 Å². The molecule has 4 nitrogen and oxygen atoms in total. The van der Waals surface area contributed by atoms with Gasteiger partial charge in [0.1, 0.15) is 18.5 Å². The number of fused-ring (bicyclic) bond motifs is 1. The number of rotatable bonds is 5. The number of hydrogen-bond donors (Lipinski definition) is 1. The summed E-state index contributed by atoms with van der Waals surface area (Å²) in [6.45, 7) is 0. The van der Waals surface area contributed by atoms with E-state index in [0.717, 1.165) is 17.8 Å². The normalized spacial score (nSPS) is 25.5. The van der Waals surface area contributed by atoms with E-state index in [0.29, 0.717) is 11.8 Å². The van der Waals surface area contributed by atoms with E-state index in [-0.39, 0.29) is 5.41 Å². The zero-order chi connectivity index (χ0) is 19.7. The summed E-state index contributed by atoms with van der Waals surface area (Å²) >= 11 is 0. The minimum absolute atomic E-state index is 0.0630. The molecule has 1 heterocycles. The van der Waals surface area contributed by atoms with Crippen LogP contribution in [0, 0.1) is 11.8 Å². The summed E-state index contributed by atoms with van der Waals surface area (Å²) in [7, 11) is 1.64. The van der Waals surface area contributed by atoms with Gasteiger partial charge in [0.15, 0.2) is 0 Å². The molecule has 1 unspecified atom stereocenters.